The number of nitrogens with one attached hydrogen (secondary N) is 2. The molecule has 0 unspecified atom stereocenters. The van der Waals surface area contributed by atoms with Crippen LogP contribution < -0.4 is 10.0 Å². The van der Waals surface area contributed by atoms with Crippen LogP contribution in [0, 0.1) is 0 Å². The summed E-state index contributed by atoms with van der Waals surface area (Å²) < 4.78 is 29.0. The summed E-state index contributed by atoms with van der Waals surface area (Å²) in [6.07, 6.45) is 1.55. The fourth-order valence-electron chi connectivity index (χ4n) is 1.65. The van der Waals surface area contributed by atoms with Crippen LogP contribution in [0.4, 0.5) is 11.5 Å². The molecular weight excluding hydrogens is 422 g/mol. The number of anilines is 2. The van der Waals surface area contributed by atoms with Gasteiger partial charge in [-0.2, -0.15) is 0 Å². The first-order valence-corrected chi connectivity index (χ1v) is 9.17. The van der Waals surface area contributed by atoms with Crippen molar-refractivity contribution < 1.29 is 8.42 Å². The van der Waals surface area contributed by atoms with Gasteiger partial charge in [0.25, 0.3) is 10.0 Å². The second kappa shape index (κ2) is 6.76. The maximum absolute atomic E-state index is 12.5. The molecular formula is C13H13Br2N3O2S. The number of aromatic nitrogens is 1. The van der Waals surface area contributed by atoms with E-state index >= 15 is 0 Å². The standard InChI is InChI=1S/C13H13Br2N3O2S/c1-2-16-13-12(7-10(15)8-17-13)21(19,20)18-11-5-3-9(14)4-6-11/h3-8,18H,2H2,1H3,(H,16,17). The first-order chi connectivity index (χ1) is 9.92. The summed E-state index contributed by atoms with van der Waals surface area (Å²) in [5.41, 5.74) is 0.487. The molecule has 2 aromatic rings. The summed E-state index contributed by atoms with van der Waals surface area (Å²) >= 11 is 6.55. The Morgan fingerprint density at radius 2 is 1.81 bits per heavy atom. The van der Waals surface area contributed by atoms with E-state index in [0.717, 1.165) is 4.47 Å². The SMILES string of the molecule is CCNc1ncc(Br)cc1S(=O)(=O)Nc1ccc(Br)cc1. The quantitative estimate of drug-likeness (QED) is 0.749. The summed E-state index contributed by atoms with van der Waals surface area (Å²) in [6.45, 7) is 2.46. The molecule has 1 heterocycles. The lowest BCUT2D eigenvalue weighted by molar-refractivity contribution is 0.601. The molecule has 0 bridgehead atoms. The van der Waals surface area contributed by atoms with E-state index < -0.39 is 10.0 Å². The summed E-state index contributed by atoms with van der Waals surface area (Å²) in [7, 11) is -3.72. The van der Waals surface area contributed by atoms with Crippen LogP contribution in [-0.2, 0) is 10.0 Å². The highest BCUT2D eigenvalue weighted by molar-refractivity contribution is 9.10. The molecule has 0 amide bonds. The van der Waals surface area contributed by atoms with Crippen LogP contribution in [0.3, 0.4) is 0 Å². The zero-order chi connectivity index (χ0) is 15.5. The number of hydrogen-bond acceptors (Lipinski definition) is 4. The third kappa shape index (κ3) is 4.18. The Hall–Kier alpha value is -1.12. The van der Waals surface area contributed by atoms with Crippen molar-refractivity contribution in [1.82, 2.24) is 4.98 Å². The van der Waals surface area contributed by atoms with Crippen molar-refractivity contribution in [3.63, 3.8) is 0 Å². The van der Waals surface area contributed by atoms with Crippen LogP contribution in [0.2, 0.25) is 0 Å². The Balaban J connectivity index is 2.39. The lowest BCUT2D eigenvalue weighted by atomic mass is 10.3. The lowest BCUT2D eigenvalue weighted by Crippen LogP contribution is -2.16. The number of halogens is 2. The summed E-state index contributed by atoms with van der Waals surface area (Å²) in [5.74, 6) is 0.324. The molecule has 1 aromatic heterocycles. The van der Waals surface area contributed by atoms with Gasteiger partial charge >= 0.3 is 0 Å². The molecule has 0 saturated heterocycles. The average molecular weight is 435 g/mol. The Bertz CT molecular complexity index is 734. The van der Waals surface area contributed by atoms with Crippen LogP contribution in [-0.4, -0.2) is 19.9 Å². The molecule has 2 N–H and O–H groups in total. The van der Waals surface area contributed by atoms with Crippen LogP contribution in [0.1, 0.15) is 6.92 Å². The Morgan fingerprint density at radius 3 is 2.43 bits per heavy atom. The number of rotatable bonds is 5. The predicted molar refractivity (Wildman–Crippen MR) is 91.1 cm³/mol. The first kappa shape index (κ1) is 16.3. The highest BCUT2D eigenvalue weighted by atomic mass is 79.9. The molecule has 8 heteroatoms. The molecule has 21 heavy (non-hydrogen) atoms. The van der Waals surface area contributed by atoms with Crippen molar-refractivity contribution in [1.29, 1.82) is 0 Å². The summed E-state index contributed by atoms with van der Waals surface area (Å²) in [5, 5.41) is 2.95. The molecule has 5 nitrogen and oxygen atoms in total. The van der Waals surface area contributed by atoms with Gasteiger partial charge in [0.05, 0.1) is 0 Å². The Labute approximate surface area is 140 Å². The molecule has 0 fully saturated rings. The minimum absolute atomic E-state index is 0.0987. The van der Waals surface area contributed by atoms with Gasteiger partial charge in [0, 0.05) is 27.4 Å². The summed E-state index contributed by atoms with van der Waals surface area (Å²) in [6, 6.07) is 8.41. The largest absolute Gasteiger partial charge is 0.369 e. The first-order valence-electron chi connectivity index (χ1n) is 6.10. The number of benzene rings is 1. The van der Waals surface area contributed by atoms with Crippen LogP contribution in [0.15, 0.2) is 50.4 Å². The van der Waals surface area contributed by atoms with Crippen molar-refractivity contribution in [2.45, 2.75) is 11.8 Å². The average Bonchev–Trinajstić information content (AvgIpc) is 2.43. The number of nitrogens with zero attached hydrogens (tertiary/aromatic N) is 1. The van der Waals surface area contributed by atoms with E-state index in [0.29, 0.717) is 22.5 Å². The van der Waals surface area contributed by atoms with Gasteiger partial charge in [-0.25, -0.2) is 13.4 Å². The molecule has 0 spiro atoms. The van der Waals surface area contributed by atoms with Crippen molar-refractivity contribution in [3.8, 4) is 0 Å². The molecule has 0 aliphatic carbocycles. The highest BCUT2D eigenvalue weighted by Gasteiger charge is 2.20. The van der Waals surface area contributed by atoms with Gasteiger partial charge in [0.2, 0.25) is 0 Å². The smallest absolute Gasteiger partial charge is 0.265 e. The fourth-order valence-corrected chi connectivity index (χ4v) is 3.62. The Morgan fingerprint density at radius 1 is 1.14 bits per heavy atom. The number of sulfonamides is 1. The van der Waals surface area contributed by atoms with Gasteiger partial charge in [-0.15, -0.1) is 0 Å². The topological polar surface area (TPSA) is 71.1 Å². The van der Waals surface area contributed by atoms with E-state index in [1.807, 2.05) is 6.92 Å². The predicted octanol–water partition coefficient (Wildman–Crippen LogP) is 3.84. The monoisotopic (exact) mass is 433 g/mol. The molecule has 0 atom stereocenters. The van der Waals surface area contributed by atoms with Gasteiger partial charge in [-0.1, -0.05) is 15.9 Å². The maximum Gasteiger partial charge on any atom is 0.265 e. The van der Waals surface area contributed by atoms with E-state index in [1.54, 1.807) is 30.5 Å². The second-order valence-corrected chi connectivity index (χ2v) is 7.63. The highest BCUT2D eigenvalue weighted by Crippen LogP contribution is 2.25. The van der Waals surface area contributed by atoms with E-state index in [2.05, 4.69) is 46.9 Å². The summed E-state index contributed by atoms with van der Waals surface area (Å²) in [4.78, 5) is 4.20. The number of pyridine rings is 1. The van der Waals surface area contributed by atoms with Crippen molar-refractivity contribution in [2.24, 2.45) is 0 Å². The van der Waals surface area contributed by atoms with Gasteiger partial charge in [0.1, 0.15) is 10.7 Å². The zero-order valence-corrected chi connectivity index (χ0v) is 15.1. The van der Waals surface area contributed by atoms with Gasteiger partial charge in [-0.05, 0) is 53.2 Å². The molecule has 112 valence electrons. The molecule has 1 aromatic carbocycles. The van der Waals surface area contributed by atoms with E-state index in [4.69, 9.17) is 0 Å². The van der Waals surface area contributed by atoms with Crippen LogP contribution in [0.25, 0.3) is 0 Å². The van der Waals surface area contributed by atoms with Crippen LogP contribution in [0.5, 0.6) is 0 Å². The third-order valence-electron chi connectivity index (χ3n) is 2.55. The van der Waals surface area contributed by atoms with Crippen molar-refractivity contribution in [3.05, 3.63) is 45.5 Å². The normalized spacial score (nSPS) is 11.2. The zero-order valence-electron chi connectivity index (χ0n) is 11.1. The maximum atomic E-state index is 12.5. The third-order valence-corrected chi connectivity index (χ3v) is 4.91. The van der Waals surface area contributed by atoms with E-state index in [1.165, 1.54) is 6.07 Å². The van der Waals surface area contributed by atoms with Gasteiger partial charge in [0.15, 0.2) is 0 Å². The van der Waals surface area contributed by atoms with Crippen molar-refractivity contribution in [2.75, 3.05) is 16.6 Å². The molecule has 0 aliphatic rings. The molecule has 0 radical (unpaired) electrons. The van der Waals surface area contributed by atoms with E-state index in [9.17, 15) is 8.42 Å². The Kier molecular flexibility index (Phi) is 5.23. The fraction of sp³-hybridized carbons (Fsp3) is 0.154. The van der Waals surface area contributed by atoms with Crippen LogP contribution >= 0.6 is 31.9 Å². The van der Waals surface area contributed by atoms with Crippen molar-refractivity contribution >= 4 is 53.4 Å². The minimum Gasteiger partial charge on any atom is -0.369 e. The van der Waals surface area contributed by atoms with Gasteiger partial charge < -0.3 is 5.32 Å². The molecule has 0 saturated carbocycles. The number of hydrogen-bond donors (Lipinski definition) is 2. The minimum atomic E-state index is -3.72. The molecule has 0 aliphatic heterocycles. The van der Waals surface area contributed by atoms with E-state index in [-0.39, 0.29) is 4.90 Å². The molecule has 2 rings (SSSR count). The van der Waals surface area contributed by atoms with Gasteiger partial charge in [-0.3, -0.25) is 4.72 Å². The lowest BCUT2D eigenvalue weighted by Gasteiger charge is -2.12. The second-order valence-electron chi connectivity index (χ2n) is 4.14.